The third kappa shape index (κ3) is 11.2. The summed E-state index contributed by atoms with van der Waals surface area (Å²) in [6.45, 7) is 8.05. The lowest BCUT2D eigenvalue weighted by molar-refractivity contribution is -0.411. The largest absolute Gasteiger partial charge is 0.394 e. The van der Waals surface area contributed by atoms with Gasteiger partial charge in [-0.25, -0.2) is 0 Å². The van der Waals surface area contributed by atoms with Crippen LogP contribution in [0.3, 0.4) is 0 Å². The molecule has 37 atom stereocenters. The molecule has 15 N–H and O–H groups in total. The summed E-state index contributed by atoms with van der Waals surface area (Å²) in [5, 5.41) is 164. The molecule has 27 nitrogen and oxygen atoms in total. The molecule has 0 bridgehead atoms. The van der Waals surface area contributed by atoms with Gasteiger partial charge in [-0.2, -0.15) is 0 Å². The summed E-state index contributed by atoms with van der Waals surface area (Å²) in [7, 11) is 0. The molecule has 0 aromatic rings. The smallest absolute Gasteiger partial charge is 0.187 e. The van der Waals surface area contributed by atoms with Crippen LogP contribution in [-0.2, 0) is 56.8 Å². The van der Waals surface area contributed by atoms with Crippen LogP contribution >= 0.6 is 0 Å². The Morgan fingerprint density at radius 1 is 0.429 bits per heavy atom. The van der Waals surface area contributed by atoms with Gasteiger partial charge in [0.1, 0.15) is 116 Å². The molecule has 11 fully saturated rings. The van der Waals surface area contributed by atoms with E-state index >= 15 is 0 Å². The highest BCUT2D eigenvalue weighted by molar-refractivity contribution is 5.16. The van der Waals surface area contributed by atoms with Crippen molar-refractivity contribution in [1.82, 2.24) is 0 Å². The second-order valence-corrected chi connectivity index (χ2v) is 27.1. The van der Waals surface area contributed by atoms with Crippen LogP contribution in [0.15, 0.2) is 0 Å². The highest BCUT2D eigenvalue weighted by Gasteiger charge is 2.70. The molecular formula is C57H94O27. The molecule has 27 heteroatoms. The van der Waals surface area contributed by atoms with E-state index in [1.54, 1.807) is 0 Å². The van der Waals surface area contributed by atoms with E-state index in [1.807, 2.05) is 0 Å². The molecule has 4 aliphatic carbocycles. The summed E-state index contributed by atoms with van der Waals surface area (Å²) in [4.78, 5) is 0. The molecule has 7 heterocycles. The first-order valence-electron chi connectivity index (χ1n) is 30.7. The number of fused-ring (bicyclic) bond motifs is 7. The van der Waals surface area contributed by atoms with Crippen molar-refractivity contribution in [3.8, 4) is 0 Å². The molecule has 2 unspecified atom stereocenters. The number of hydrogen-bond donors (Lipinski definition) is 15. The van der Waals surface area contributed by atoms with E-state index in [-0.39, 0.29) is 23.0 Å². The highest BCUT2D eigenvalue weighted by atomic mass is 16.8. The third-order valence-corrected chi connectivity index (χ3v) is 22.5. The monoisotopic (exact) mass is 1210 g/mol. The Bertz CT molecular complexity index is 2180. The fraction of sp³-hybridized carbons (Fsp3) is 1.00. The molecule has 0 radical (unpaired) electrons. The van der Waals surface area contributed by atoms with Crippen molar-refractivity contribution in [2.75, 3.05) is 33.0 Å². The predicted octanol–water partition coefficient (Wildman–Crippen LogP) is -4.06. The zero-order valence-corrected chi connectivity index (χ0v) is 48.3. The Balaban J connectivity index is 0.781. The fourth-order valence-electron chi connectivity index (χ4n) is 17.6. The summed E-state index contributed by atoms with van der Waals surface area (Å²) in [5.41, 5.74) is 0.218. The van der Waals surface area contributed by atoms with E-state index in [9.17, 15) is 76.6 Å². The summed E-state index contributed by atoms with van der Waals surface area (Å²) < 4.78 is 73.7. The molecule has 1 spiro atoms. The van der Waals surface area contributed by atoms with Gasteiger partial charge in [0.2, 0.25) is 0 Å². The maximum atomic E-state index is 12.0. The van der Waals surface area contributed by atoms with Gasteiger partial charge in [-0.05, 0) is 111 Å². The van der Waals surface area contributed by atoms with Gasteiger partial charge in [0.05, 0.1) is 51.3 Å². The minimum Gasteiger partial charge on any atom is -0.394 e. The Labute approximate surface area is 487 Å². The molecule has 11 aliphatic rings. The second kappa shape index (κ2) is 25.2. The van der Waals surface area contributed by atoms with Gasteiger partial charge in [-0.3, -0.25) is 0 Å². The minimum atomic E-state index is -2.17. The van der Waals surface area contributed by atoms with Crippen LogP contribution < -0.4 is 0 Å². The molecule has 0 aromatic heterocycles. The predicted molar refractivity (Wildman–Crippen MR) is 279 cm³/mol. The van der Waals surface area contributed by atoms with E-state index in [0.717, 1.165) is 58.0 Å². The lowest BCUT2D eigenvalue weighted by atomic mass is 9.44. The van der Waals surface area contributed by atoms with Crippen LogP contribution in [0.25, 0.3) is 0 Å². The Morgan fingerprint density at radius 3 is 1.55 bits per heavy atom. The lowest BCUT2D eigenvalue weighted by Gasteiger charge is -2.61. The molecule has 7 aliphatic heterocycles. The Morgan fingerprint density at radius 2 is 0.940 bits per heavy atom. The normalized spacial score (nSPS) is 57.7. The molecule has 4 saturated carbocycles. The first kappa shape index (κ1) is 64.4. The zero-order valence-electron chi connectivity index (χ0n) is 48.3. The van der Waals surface area contributed by atoms with E-state index in [1.165, 1.54) is 6.92 Å². The summed E-state index contributed by atoms with van der Waals surface area (Å²) in [5.74, 6) is 2.82. The molecule has 484 valence electrons. The van der Waals surface area contributed by atoms with Crippen molar-refractivity contribution in [2.45, 2.75) is 270 Å². The number of ether oxygens (including phenoxy) is 12. The van der Waals surface area contributed by atoms with Gasteiger partial charge in [-0.15, -0.1) is 0 Å². The quantitative estimate of drug-likeness (QED) is 0.0736. The Hall–Kier alpha value is -1.08. The molecule has 0 aromatic carbocycles. The van der Waals surface area contributed by atoms with Gasteiger partial charge in [-0.1, -0.05) is 27.7 Å². The van der Waals surface area contributed by atoms with Crippen LogP contribution in [0.2, 0.25) is 0 Å². The van der Waals surface area contributed by atoms with Crippen molar-refractivity contribution >= 4 is 0 Å². The van der Waals surface area contributed by atoms with E-state index in [0.29, 0.717) is 54.3 Å². The van der Waals surface area contributed by atoms with Crippen molar-refractivity contribution in [2.24, 2.45) is 52.3 Å². The van der Waals surface area contributed by atoms with Gasteiger partial charge in [0, 0.05) is 12.3 Å². The highest BCUT2D eigenvalue weighted by Crippen LogP contribution is 2.71. The standard InChI is InChI=1S/C57H94O27/c1-21-8-13-57(73-20-21)22(2)34-29(84-57)15-28-26-7-6-24-14-25(9-11-55(24,4)27(26)10-12-56(28,34)5)75-51-44(71)40(67)47(33(19-61)78-51)81-54-49(48(37(64)31(17-59)77-54)82-52-43(70)39(66)36(63)30(16-58)76-52)83-53-45(72)41(68)46(32(18-60)79-53)80-50-42(69)38(65)35(62)23(3)74-50/h21-54,58-72H,6-20H2,1-5H3/t21-,22+,23+,24+,25+,26-,27+,28+,29?,30-,31-,32-,33-,34?,35+,36-,37-,38-,39+,40-,41-,42-,43-,44-,45-,46-,47+,48+,49-,50+,51-,52+,53+,54+,55+,56+,57-/m1/s1. The minimum absolute atomic E-state index is 0.0482. The zero-order chi connectivity index (χ0) is 60.2. The maximum absolute atomic E-state index is 12.0. The van der Waals surface area contributed by atoms with Crippen molar-refractivity contribution in [3.63, 3.8) is 0 Å². The molecule has 7 saturated heterocycles. The third-order valence-electron chi connectivity index (χ3n) is 22.5. The van der Waals surface area contributed by atoms with E-state index in [2.05, 4.69) is 27.7 Å². The van der Waals surface area contributed by atoms with Crippen molar-refractivity contribution in [3.05, 3.63) is 0 Å². The van der Waals surface area contributed by atoms with Gasteiger partial charge in [0.25, 0.3) is 0 Å². The topological polar surface area (TPSA) is 414 Å². The van der Waals surface area contributed by atoms with E-state index in [4.69, 9.17) is 56.8 Å². The number of aliphatic hydroxyl groups is 15. The van der Waals surface area contributed by atoms with E-state index < -0.39 is 186 Å². The average Bonchev–Trinajstić information content (AvgIpc) is 1.51. The average molecular weight is 1210 g/mol. The molecule has 11 rings (SSSR count). The molecule has 0 amide bonds. The number of hydrogen-bond acceptors (Lipinski definition) is 27. The van der Waals surface area contributed by atoms with Crippen LogP contribution in [0.1, 0.15) is 98.8 Å². The lowest BCUT2D eigenvalue weighted by Crippen LogP contribution is -2.69. The van der Waals surface area contributed by atoms with Gasteiger partial charge in [0.15, 0.2) is 37.2 Å². The van der Waals surface area contributed by atoms with Crippen molar-refractivity contribution < 1.29 is 133 Å². The summed E-state index contributed by atoms with van der Waals surface area (Å²) in [6, 6.07) is 0. The number of aliphatic hydroxyl groups excluding tert-OH is 15. The first-order chi connectivity index (χ1) is 39.9. The number of rotatable bonds is 14. The molecule has 84 heavy (non-hydrogen) atoms. The van der Waals surface area contributed by atoms with Crippen LogP contribution in [-0.4, -0.2) is 281 Å². The van der Waals surface area contributed by atoms with Crippen LogP contribution in [0.5, 0.6) is 0 Å². The van der Waals surface area contributed by atoms with Crippen molar-refractivity contribution in [1.29, 1.82) is 0 Å². The molecular weight excluding hydrogens is 1120 g/mol. The first-order valence-corrected chi connectivity index (χ1v) is 30.7. The second-order valence-electron chi connectivity index (χ2n) is 27.1. The summed E-state index contributed by atoms with van der Waals surface area (Å²) >= 11 is 0. The maximum Gasteiger partial charge on any atom is 0.187 e. The summed E-state index contributed by atoms with van der Waals surface area (Å²) in [6.07, 6.45) is -35.6. The van der Waals surface area contributed by atoms with Crippen LogP contribution in [0.4, 0.5) is 0 Å². The van der Waals surface area contributed by atoms with Gasteiger partial charge >= 0.3 is 0 Å². The fourth-order valence-corrected chi connectivity index (χ4v) is 17.6. The van der Waals surface area contributed by atoms with Crippen LogP contribution in [0, 0.1) is 52.3 Å². The van der Waals surface area contributed by atoms with Gasteiger partial charge < -0.3 is 133 Å². The Kier molecular flexibility index (Phi) is 19.3. The SMILES string of the molecule is C[C@@H]1CC[C@@]2(OC1)OC1C[C@H]3[C@@H]4CC[C@H]5C[C@@H](O[C@@H]6O[C@H](CO)[C@H](O[C@@H]7O[C@H](CO)[C@@H](O)[C@H](O[C@@H]8O[C@H](CO)[C@@H](O)[C@H](O)[C@H]8O)[C@H]7O[C@@H]7O[C@H](CO)[C@@H](O[C@@H]8O[C@@H](C)[C@H](O)[C@@H](O)[C@H]8O)[C@H](O)[C@H]7O)[C@H](O)[C@H]6O)CC[C@]5(C)[C@H]4CC[C@]3(C)C1[C@@H]2C.